The second-order valence-electron chi connectivity index (χ2n) is 4.73. The highest BCUT2D eigenvalue weighted by Crippen LogP contribution is 2.39. The summed E-state index contributed by atoms with van der Waals surface area (Å²) >= 11 is 0. The zero-order valence-electron chi connectivity index (χ0n) is 10.2. The van der Waals surface area contributed by atoms with E-state index >= 15 is 0 Å². The third-order valence-electron chi connectivity index (χ3n) is 3.47. The maximum Gasteiger partial charge on any atom is 0.342 e. The van der Waals surface area contributed by atoms with Crippen molar-refractivity contribution in [3.63, 3.8) is 0 Å². The molecule has 1 aromatic rings. The molecule has 0 aromatic heterocycles. The van der Waals surface area contributed by atoms with Crippen LogP contribution in [0.1, 0.15) is 24.5 Å². The zero-order chi connectivity index (χ0) is 13.4. The van der Waals surface area contributed by atoms with Gasteiger partial charge in [0.15, 0.2) is 0 Å². The van der Waals surface area contributed by atoms with Gasteiger partial charge >= 0.3 is 5.97 Å². The number of fused-ring (bicyclic) bond motifs is 1. The molecule has 0 fully saturated rings. The second-order valence-corrected chi connectivity index (χ2v) is 4.73. The number of aliphatic hydroxyl groups is 2. The van der Waals surface area contributed by atoms with Crippen LogP contribution in [0.15, 0.2) is 53.3 Å². The average molecular weight is 258 g/mol. The standard InChI is InChI=1S/C15H14O4/c16-10-6-7-11-12(8-10)19-15(18)13(11)14(17)9-4-2-1-3-5-9/h1-5,8,10,14,16-17H,6-7H2/t10-,14+/m0/s1. The molecular formula is C15H14O4. The lowest BCUT2D eigenvalue weighted by molar-refractivity contribution is -0.134. The summed E-state index contributed by atoms with van der Waals surface area (Å²) in [6, 6.07) is 9.01. The lowest BCUT2D eigenvalue weighted by Gasteiger charge is -2.16. The van der Waals surface area contributed by atoms with E-state index in [2.05, 4.69) is 0 Å². The van der Waals surface area contributed by atoms with Crippen molar-refractivity contribution in [1.82, 2.24) is 0 Å². The van der Waals surface area contributed by atoms with E-state index in [9.17, 15) is 15.0 Å². The van der Waals surface area contributed by atoms with Crippen molar-refractivity contribution in [2.75, 3.05) is 0 Å². The minimum Gasteiger partial charge on any atom is -0.423 e. The lowest BCUT2D eigenvalue weighted by atomic mass is 9.91. The molecule has 0 spiro atoms. The smallest absolute Gasteiger partial charge is 0.342 e. The Morgan fingerprint density at radius 1 is 1.26 bits per heavy atom. The van der Waals surface area contributed by atoms with E-state index in [4.69, 9.17) is 4.74 Å². The molecule has 0 saturated carbocycles. The van der Waals surface area contributed by atoms with E-state index < -0.39 is 18.2 Å². The largest absolute Gasteiger partial charge is 0.423 e. The molecule has 2 atom stereocenters. The van der Waals surface area contributed by atoms with Crippen LogP contribution in [0, 0.1) is 0 Å². The van der Waals surface area contributed by atoms with Gasteiger partial charge in [-0.3, -0.25) is 0 Å². The summed E-state index contributed by atoms with van der Waals surface area (Å²) in [7, 11) is 0. The second kappa shape index (κ2) is 4.64. The van der Waals surface area contributed by atoms with Gasteiger partial charge < -0.3 is 14.9 Å². The topological polar surface area (TPSA) is 66.8 Å². The van der Waals surface area contributed by atoms with Crippen molar-refractivity contribution in [2.24, 2.45) is 0 Å². The molecule has 1 aromatic carbocycles. The van der Waals surface area contributed by atoms with Gasteiger partial charge in [-0.25, -0.2) is 4.79 Å². The van der Waals surface area contributed by atoms with Crippen LogP contribution in [-0.4, -0.2) is 22.3 Å². The molecule has 4 nitrogen and oxygen atoms in total. The Bertz CT molecular complexity index is 571. The molecule has 3 rings (SSSR count). The number of aliphatic hydroxyl groups excluding tert-OH is 2. The molecule has 0 bridgehead atoms. The van der Waals surface area contributed by atoms with Crippen molar-refractivity contribution >= 4 is 5.97 Å². The number of hydrogen-bond donors (Lipinski definition) is 2. The van der Waals surface area contributed by atoms with E-state index in [-0.39, 0.29) is 0 Å². The zero-order valence-corrected chi connectivity index (χ0v) is 10.2. The monoisotopic (exact) mass is 258 g/mol. The number of ether oxygens (including phenoxy) is 1. The highest BCUT2D eigenvalue weighted by molar-refractivity contribution is 5.95. The maximum absolute atomic E-state index is 11.9. The number of rotatable bonds is 2. The predicted octanol–water partition coefficient (Wildman–Crippen LogP) is 1.61. The van der Waals surface area contributed by atoms with Crippen LogP contribution in [0.25, 0.3) is 0 Å². The first-order chi connectivity index (χ1) is 9.16. The van der Waals surface area contributed by atoms with Crippen molar-refractivity contribution in [3.8, 4) is 0 Å². The number of benzene rings is 1. The van der Waals surface area contributed by atoms with Crippen molar-refractivity contribution < 1.29 is 19.7 Å². The van der Waals surface area contributed by atoms with E-state index in [0.717, 1.165) is 0 Å². The van der Waals surface area contributed by atoms with Gasteiger partial charge in [-0.05, 0) is 24.5 Å². The fourth-order valence-electron chi connectivity index (χ4n) is 2.49. The first kappa shape index (κ1) is 12.1. The Morgan fingerprint density at radius 2 is 2.00 bits per heavy atom. The number of hydrogen-bond acceptors (Lipinski definition) is 4. The maximum atomic E-state index is 11.9. The predicted molar refractivity (Wildman–Crippen MR) is 67.8 cm³/mol. The molecular weight excluding hydrogens is 244 g/mol. The van der Waals surface area contributed by atoms with Gasteiger partial charge in [-0.2, -0.15) is 0 Å². The molecule has 0 amide bonds. The Labute approximate surface area is 110 Å². The van der Waals surface area contributed by atoms with Gasteiger partial charge in [0.25, 0.3) is 0 Å². The van der Waals surface area contributed by atoms with Gasteiger partial charge in [-0.15, -0.1) is 0 Å². The first-order valence-corrected chi connectivity index (χ1v) is 6.25. The fourth-order valence-corrected chi connectivity index (χ4v) is 2.49. The molecule has 1 aliphatic carbocycles. The molecule has 2 aliphatic rings. The summed E-state index contributed by atoms with van der Waals surface area (Å²) in [5, 5.41) is 19.9. The summed E-state index contributed by atoms with van der Waals surface area (Å²) in [4.78, 5) is 11.9. The molecule has 98 valence electrons. The molecule has 1 aliphatic heterocycles. The van der Waals surface area contributed by atoms with E-state index in [0.29, 0.717) is 35.3 Å². The van der Waals surface area contributed by atoms with Gasteiger partial charge in [0.2, 0.25) is 0 Å². The molecule has 2 N–H and O–H groups in total. The Hall–Kier alpha value is -1.91. The highest BCUT2D eigenvalue weighted by Gasteiger charge is 2.36. The van der Waals surface area contributed by atoms with Crippen molar-refractivity contribution in [3.05, 3.63) is 58.9 Å². The van der Waals surface area contributed by atoms with Crippen LogP contribution < -0.4 is 0 Å². The normalized spacial score (nSPS) is 23.8. The number of carbonyl (C=O) groups excluding carboxylic acids is 1. The molecule has 0 saturated heterocycles. The molecule has 19 heavy (non-hydrogen) atoms. The summed E-state index contributed by atoms with van der Waals surface area (Å²) in [6.45, 7) is 0. The number of carbonyl (C=O) groups is 1. The Kier molecular flexibility index (Phi) is 2.97. The van der Waals surface area contributed by atoms with Gasteiger partial charge in [-0.1, -0.05) is 30.3 Å². The van der Waals surface area contributed by atoms with Crippen LogP contribution in [0.2, 0.25) is 0 Å². The minimum atomic E-state index is -0.982. The Balaban J connectivity index is 2.02. The van der Waals surface area contributed by atoms with E-state index in [1.807, 2.05) is 18.2 Å². The van der Waals surface area contributed by atoms with Crippen molar-refractivity contribution in [2.45, 2.75) is 25.0 Å². The third-order valence-corrected chi connectivity index (χ3v) is 3.47. The highest BCUT2D eigenvalue weighted by atomic mass is 16.5. The fraction of sp³-hybridized carbons (Fsp3) is 0.267. The summed E-state index contributed by atoms with van der Waals surface area (Å²) in [5.74, 6) is -0.125. The summed E-state index contributed by atoms with van der Waals surface area (Å²) < 4.78 is 5.12. The third kappa shape index (κ3) is 2.09. The molecule has 0 unspecified atom stereocenters. The van der Waals surface area contributed by atoms with Gasteiger partial charge in [0, 0.05) is 5.57 Å². The SMILES string of the molecule is O=C1OC2=C[C@@H](O)CCC2=C1[C@H](O)c1ccccc1. The van der Waals surface area contributed by atoms with Crippen LogP contribution >= 0.6 is 0 Å². The molecule has 4 heteroatoms. The summed E-state index contributed by atoms with van der Waals surface area (Å²) in [6.07, 6.45) is 1.05. The van der Waals surface area contributed by atoms with Crippen LogP contribution in [-0.2, 0) is 9.53 Å². The van der Waals surface area contributed by atoms with Crippen molar-refractivity contribution in [1.29, 1.82) is 0 Å². The van der Waals surface area contributed by atoms with Crippen LogP contribution in [0.4, 0.5) is 0 Å². The van der Waals surface area contributed by atoms with Gasteiger partial charge in [0.05, 0.1) is 11.7 Å². The quantitative estimate of drug-likeness (QED) is 0.791. The lowest BCUT2D eigenvalue weighted by Crippen LogP contribution is -2.11. The molecule has 0 radical (unpaired) electrons. The van der Waals surface area contributed by atoms with E-state index in [1.54, 1.807) is 12.1 Å². The van der Waals surface area contributed by atoms with Crippen LogP contribution in [0.3, 0.4) is 0 Å². The minimum absolute atomic E-state index is 0.296. The molecule has 1 heterocycles. The summed E-state index contributed by atoms with van der Waals surface area (Å²) in [5.41, 5.74) is 1.67. The van der Waals surface area contributed by atoms with Gasteiger partial charge in [0.1, 0.15) is 11.9 Å². The van der Waals surface area contributed by atoms with Crippen LogP contribution in [0.5, 0.6) is 0 Å². The average Bonchev–Trinajstić information content (AvgIpc) is 2.74. The first-order valence-electron chi connectivity index (χ1n) is 6.25. The number of esters is 1. The van der Waals surface area contributed by atoms with E-state index in [1.165, 1.54) is 6.08 Å². The number of allylic oxidation sites excluding steroid dienone is 1. The Morgan fingerprint density at radius 3 is 2.74 bits per heavy atom.